The van der Waals surface area contributed by atoms with E-state index in [1.165, 1.54) is 18.4 Å². The Bertz CT molecular complexity index is 542. The summed E-state index contributed by atoms with van der Waals surface area (Å²) >= 11 is 0. The Morgan fingerprint density at radius 3 is 2.21 bits per heavy atom. The molecule has 0 radical (unpaired) electrons. The van der Waals surface area contributed by atoms with Crippen LogP contribution in [0.1, 0.15) is 33.3 Å². The number of sulfonamides is 1. The molecule has 0 N–H and O–H groups in total. The molecule has 0 bridgehead atoms. The largest absolute Gasteiger partial charge is 0.494 e. The van der Waals surface area contributed by atoms with Gasteiger partial charge < -0.3 is 4.74 Å². The second kappa shape index (κ2) is 5.51. The Morgan fingerprint density at radius 1 is 1.21 bits per heavy atom. The normalized spacial score (nSPS) is 12.8. The van der Waals surface area contributed by atoms with E-state index in [0.717, 1.165) is 5.56 Å². The molecular formula is C14H23NO3S. The molecule has 0 fully saturated rings. The highest BCUT2D eigenvalue weighted by Gasteiger charge is 2.27. The molecule has 0 aromatic heterocycles. The fourth-order valence-electron chi connectivity index (χ4n) is 1.77. The molecule has 0 heterocycles. The molecule has 0 unspecified atom stereocenters. The van der Waals surface area contributed by atoms with Crippen molar-refractivity contribution >= 4 is 10.0 Å². The zero-order valence-electron chi connectivity index (χ0n) is 12.5. The zero-order valence-corrected chi connectivity index (χ0v) is 13.3. The van der Waals surface area contributed by atoms with Crippen LogP contribution in [-0.2, 0) is 15.4 Å². The lowest BCUT2D eigenvalue weighted by molar-refractivity contribution is 0.338. The Kier molecular flexibility index (Phi) is 4.63. The van der Waals surface area contributed by atoms with E-state index in [1.54, 1.807) is 12.1 Å². The molecule has 19 heavy (non-hydrogen) atoms. The van der Waals surface area contributed by atoms with Crippen molar-refractivity contribution in [2.45, 2.75) is 38.0 Å². The SMILES string of the molecule is CCOc1ccc(S(=O)(=O)N(C)C)c(C(C)(C)C)c1. The van der Waals surface area contributed by atoms with Gasteiger partial charge in [-0.15, -0.1) is 0 Å². The third kappa shape index (κ3) is 3.48. The van der Waals surface area contributed by atoms with Crippen LogP contribution in [0.2, 0.25) is 0 Å². The molecule has 0 spiro atoms. The summed E-state index contributed by atoms with van der Waals surface area (Å²) in [5.41, 5.74) is 0.498. The van der Waals surface area contributed by atoms with Crippen molar-refractivity contribution in [2.75, 3.05) is 20.7 Å². The first kappa shape index (κ1) is 16.0. The molecule has 0 aliphatic rings. The summed E-state index contributed by atoms with van der Waals surface area (Å²) in [6, 6.07) is 5.15. The van der Waals surface area contributed by atoms with Crippen LogP contribution >= 0.6 is 0 Å². The van der Waals surface area contributed by atoms with Crippen molar-refractivity contribution < 1.29 is 13.2 Å². The van der Waals surface area contributed by atoms with Crippen LogP contribution in [0.4, 0.5) is 0 Å². The summed E-state index contributed by atoms with van der Waals surface area (Å²) < 4.78 is 31.4. The zero-order chi connectivity index (χ0) is 14.8. The van der Waals surface area contributed by atoms with Gasteiger partial charge in [-0.25, -0.2) is 12.7 Å². The summed E-state index contributed by atoms with van der Waals surface area (Å²) in [4.78, 5) is 0.341. The van der Waals surface area contributed by atoms with Crippen molar-refractivity contribution in [3.8, 4) is 5.75 Å². The van der Waals surface area contributed by atoms with Crippen molar-refractivity contribution in [3.05, 3.63) is 23.8 Å². The summed E-state index contributed by atoms with van der Waals surface area (Å²) in [5.74, 6) is 0.699. The molecule has 1 aromatic carbocycles. The van der Waals surface area contributed by atoms with Gasteiger partial charge in [-0.3, -0.25) is 0 Å². The number of hydrogen-bond acceptors (Lipinski definition) is 3. The number of rotatable bonds is 4. The maximum absolute atomic E-state index is 12.4. The van der Waals surface area contributed by atoms with Gasteiger partial charge in [-0.2, -0.15) is 0 Å². The first-order chi connectivity index (χ1) is 8.60. The van der Waals surface area contributed by atoms with Crippen LogP contribution in [-0.4, -0.2) is 33.4 Å². The van der Waals surface area contributed by atoms with Gasteiger partial charge in [0.05, 0.1) is 11.5 Å². The molecule has 4 nitrogen and oxygen atoms in total. The quantitative estimate of drug-likeness (QED) is 0.854. The van der Waals surface area contributed by atoms with Gasteiger partial charge in [0, 0.05) is 14.1 Å². The minimum atomic E-state index is -3.44. The van der Waals surface area contributed by atoms with E-state index in [2.05, 4.69) is 0 Å². The van der Waals surface area contributed by atoms with Gasteiger partial charge in [0.2, 0.25) is 10.0 Å². The predicted octanol–water partition coefficient (Wildman–Crippen LogP) is 2.63. The molecule has 1 aromatic rings. The first-order valence-corrected chi connectivity index (χ1v) is 7.74. The second-order valence-corrected chi connectivity index (χ2v) is 7.75. The molecule has 5 heteroatoms. The maximum atomic E-state index is 12.4. The molecule has 0 aliphatic heterocycles. The number of hydrogen-bond donors (Lipinski definition) is 0. The van der Waals surface area contributed by atoms with Crippen LogP contribution in [0.3, 0.4) is 0 Å². The van der Waals surface area contributed by atoms with Gasteiger partial charge in [0.1, 0.15) is 5.75 Å². The fraction of sp³-hybridized carbons (Fsp3) is 0.571. The van der Waals surface area contributed by atoms with Crippen LogP contribution < -0.4 is 4.74 Å². The average molecular weight is 285 g/mol. The third-order valence-electron chi connectivity index (χ3n) is 2.83. The van der Waals surface area contributed by atoms with Crippen LogP contribution in [0.15, 0.2) is 23.1 Å². The van der Waals surface area contributed by atoms with Crippen molar-refractivity contribution in [1.82, 2.24) is 4.31 Å². The summed E-state index contributed by atoms with van der Waals surface area (Å²) in [5, 5.41) is 0. The molecule has 0 aliphatic carbocycles. The van der Waals surface area contributed by atoms with E-state index in [-0.39, 0.29) is 5.41 Å². The Labute approximate surface area is 116 Å². The monoisotopic (exact) mass is 285 g/mol. The van der Waals surface area contributed by atoms with Crippen LogP contribution in [0.25, 0.3) is 0 Å². The Balaban J connectivity index is 3.49. The van der Waals surface area contributed by atoms with Crippen molar-refractivity contribution in [1.29, 1.82) is 0 Å². The smallest absolute Gasteiger partial charge is 0.242 e. The van der Waals surface area contributed by atoms with Gasteiger partial charge in [0.25, 0.3) is 0 Å². The predicted molar refractivity (Wildman–Crippen MR) is 77.2 cm³/mol. The topological polar surface area (TPSA) is 46.6 Å². The minimum Gasteiger partial charge on any atom is -0.494 e. The van der Waals surface area contributed by atoms with Crippen LogP contribution in [0, 0.1) is 0 Å². The highest BCUT2D eigenvalue weighted by molar-refractivity contribution is 7.89. The van der Waals surface area contributed by atoms with E-state index in [1.807, 2.05) is 33.8 Å². The highest BCUT2D eigenvalue weighted by Crippen LogP contribution is 2.33. The van der Waals surface area contributed by atoms with E-state index in [9.17, 15) is 8.42 Å². The molecule has 1 rings (SSSR count). The van der Waals surface area contributed by atoms with Crippen LogP contribution in [0.5, 0.6) is 5.75 Å². The second-order valence-electron chi connectivity index (χ2n) is 5.63. The molecular weight excluding hydrogens is 262 g/mol. The average Bonchev–Trinajstić information content (AvgIpc) is 2.27. The van der Waals surface area contributed by atoms with Crippen molar-refractivity contribution in [2.24, 2.45) is 0 Å². The van der Waals surface area contributed by atoms with E-state index >= 15 is 0 Å². The molecule has 0 amide bonds. The van der Waals surface area contributed by atoms with Gasteiger partial charge in [0.15, 0.2) is 0 Å². The molecule has 108 valence electrons. The third-order valence-corrected chi connectivity index (χ3v) is 4.70. The van der Waals surface area contributed by atoms with E-state index < -0.39 is 10.0 Å². The fourth-order valence-corrected chi connectivity index (χ4v) is 3.05. The Morgan fingerprint density at radius 2 is 1.79 bits per heavy atom. The van der Waals surface area contributed by atoms with E-state index in [0.29, 0.717) is 17.3 Å². The summed E-state index contributed by atoms with van der Waals surface area (Å²) in [6.45, 7) is 8.44. The maximum Gasteiger partial charge on any atom is 0.242 e. The van der Waals surface area contributed by atoms with Gasteiger partial charge in [-0.05, 0) is 36.1 Å². The first-order valence-electron chi connectivity index (χ1n) is 6.30. The van der Waals surface area contributed by atoms with Crippen molar-refractivity contribution in [3.63, 3.8) is 0 Å². The Hall–Kier alpha value is -1.07. The lowest BCUT2D eigenvalue weighted by Crippen LogP contribution is -2.26. The minimum absolute atomic E-state index is 0.272. The number of ether oxygens (including phenoxy) is 1. The summed E-state index contributed by atoms with van der Waals surface area (Å²) in [7, 11) is -0.365. The molecule has 0 saturated heterocycles. The molecule has 0 atom stereocenters. The van der Waals surface area contributed by atoms with Gasteiger partial charge >= 0.3 is 0 Å². The van der Waals surface area contributed by atoms with Gasteiger partial charge in [-0.1, -0.05) is 20.8 Å². The van der Waals surface area contributed by atoms with E-state index in [4.69, 9.17) is 4.74 Å². The lowest BCUT2D eigenvalue weighted by Gasteiger charge is -2.25. The summed E-state index contributed by atoms with van der Waals surface area (Å²) in [6.07, 6.45) is 0. The number of nitrogens with zero attached hydrogens (tertiary/aromatic N) is 1. The standard InChI is InChI=1S/C14H23NO3S/c1-7-18-11-8-9-13(19(16,17)15(5)6)12(10-11)14(2,3)4/h8-10H,7H2,1-6H3. The molecule has 0 saturated carbocycles. The lowest BCUT2D eigenvalue weighted by atomic mass is 9.87. The number of benzene rings is 1. The highest BCUT2D eigenvalue weighted by atomic mass is 32.2.